The van der Waals surface area contributed by atoms with E-state index in [9.17, 15) is 0 Å². The van der Waals surface area contributed by atoms with Gasteiger partial charge in [0.05, 0.1) is 18.1 Å². The third kappa shape index (κ3) is 2.65. The molecule has 0 radical (unpaired) electrons. The van der Waals surface area contributed by atoms with Crippen molar-refractivity contribution in [1.82, 2.24) is 14.9 Å². The fourth-order valence-corrected chi connectivity index (χ4v) is 2.76. The number of nitrogen functional groups attached to an aromatic ring is 1. The number of hydrogen-bond acceptors (Lipinski definition) is 4. The SMILES string of the molecule is C[C@H](c1ccc(-c2cnc(N)cn2)cc1)N1CCCC1. The predicted octanol–water partition coefficient (Wildman–Crippen LogP) is 2.88. The summed E-state index contributed by atoms with van der Waals surface area (Å²) in [5.74, 6) is 0.452. The lowest BCUT2D eigenvalue weighted by Gasteiger charge is -2.24. The number of benzene rings is 1. The lowest BCUT2D eigenvalue weighted by molar-refractivity contribution is 0.263. The summed E-state index contributed by atoms with van der Waals surface area (Å²) < 4.78 is 0. The van der Waals surface area contributed by atoms with Gasteiger partial charge in [0.2, 0.25) is 0 Å². The Labute approximate surface area is 119 Å². The first-order valence-electron chi connectivity index (χ1n) is 7.16. The lowest BCUT2D eigenvalue weighted by atomic mass is 10.0. The van der Waals surface area contributed by atoms with E-state index in [4.69, 9.17) is 5.73 Å². The zero-order chi connectivity index (χ0) is 13.9. The monoisotopic (exact) mass is 268 g/mol. The van der Waals surface area contributed by atoms with E-state index in [-0.39, 0.29) is 0 Å². The summed E-state index contributed by atoms with van der Waals surface area (Å²) in [4.78, 5) is 10.9. The molecule has 1 fully saturated rings. The fourth-order valence-electron chi connectivity index (χ4n) is 2.76. The smallest absolute Gasteiger partial charge is 0.141 e. The van der Waals surface area contributed by atoms with Gasteiger partial charge in [-0.1, -0.05) is 24.3 Å². The van der Waals surface area contributed by atoms with Gasteiger partial charge in [0.15, 0.2) is 0 Å². The van der Waals surface area contributed by atoms with Gasteiger partial charge in [-0.3, -0.25) is 9.88 Å². The molecule has 0 aliphatic carbocycles. The minimum Gasteiger partial charge on any atom is -0.382 e. The van der Waals surface area contributed by atoms with Crippen molar-refractivity contribution in [1.29, 1.82) is 0 Å². The second-order valence-electron chi connectivity index (χ2n) is 5.37. The summed E-state index contributed by atoms with van der Waals surface area (Å²) in [6.07, 6.45) is 5.96. The lowest BCUT2D eigenvalue weighted by Crippen LogP contribution is -2.23. The molecule has 104 valence electrons. The first kappa shape index (κ1) is 13.1. The molecule has 2 aromatic rings. The van der Waals surface area contributed by atoms with Crippen LogP contribution in [0.2, 0.25) is 0 Å². The molecule has 0 bridgehead atoms. The number of rotatable bonds is 3. The molecule has 0 amide bonds. The second kappa shape index (κ2) is 5.59. The van der Waals surface area contributed by atoms with Crippen molar-refractivity contribution in [2.24, 2.45) is 0 Å². The Hall–Kier alpha value is -1.94. The van der Waals surface area contributed by atoms with Gasteiger partial charge in [0.25, 0.3) is 0 Å². The van der Waals surface area contributed by atoms with E-state index in [0.717, 1.165) is 11.3 Å². The average Bonchev–Trinajstić information content (AvgIpc) is 3.02. The fraction of sp³-hybridized carbons (Fsp3) is 0.375. The van der Waals surface area contributed by atoms with E-state index in [2.05, 4.69) is 46.1 Å². The van der Waals surface area contributed by atoms with Crippen LogP contribution in [0.25, 0.3) is 11.3 Å². The third-order valence-corrected chi connectivity index (χ3v) is 4.05. The van der Waals surface area contributed by atoms with Crippen LogP contribution in [0.15, 0.2) is 36.7 Å². The first-order valence-corrected chi connectivity index (χ1v) is 7.16. The van der Waals surface area contributed by atoms with Crippen LogP contribution in [0.5, 0.6) is 0 Å². The van der Waals surface area contributed by atoms with Gasteiger partial charge in [-0.05, 0) is 38.4 Å². The number of anilines is 1. The number of likely N-dealkylation sites (tertiary alicyclic amines) is 1. The number of nitrogens with zero attached hydrogens (tertiary/aromatic N) is 3. The molecule has 2 heterocycles. The van der Waals surface area contributed by atoms with Crippen LogP contribution in [-0.4, -0.2) is 28.0 Å². The highest BCUT2D eigenvalue weighted by atomic mass is 15.2. The molecule has 2 N–H and O–H groups in total. The molecule has 0 unspecified atom stereocenters. The highest BCUT2D eigenvalue weighted by Gasteiger charge is 2.19. The maximum Gasteiger partial charge on any atom is 0.141 e. The Morgan fingerprint density at radius 3 is 2.35 bits per heavy atom. The normalized spacial score (nSPS) is 17.2. The van der Waals surface area contributed by atoms with E-state index < -0.39 is 0 Å². The molecule has 0 saturated carbocycles. The summed E-state index contributed by atoms with van der Waals surface area (Å²) in [6, 6.07) is 9.10. The van der Waals surface area contributed by atoms with Gasteiger partial charge in [-0.2, -0.15) is 0 Å². The van der Waals surface area contributed by atoms with Crippen molar-refractivity contribution in [3.8, 4) is 11.3 Å². The van der Waals surface area contributed by atoms with Gasteiger partial charge < -0.3 is 5.73 Å². The standard InChI is InChI=1S/C16H20N4/c1-12(20-8-2-3-9-20)13-4-6-14(7-5-13)15-10-19-16(17)11-18-15/h4-7,10-12H,2-3,8-9H2,1H3,(H2,17,19)/t12-/m1/s1. The molecule has 0 spiro atoms. The summed E-state index contributed by atoms with van der Waals surface area (Å²) >= 11 is 0. The van der Waals surface area contributed by atoms with Crippen LogP contribution in [0, 0.1) is 0 Å². The van der Waals surface area contributed by atoms with E-state index in [1.807, 2.05) is 0 Å². The van der Waals surface area contributed by atoms with Crippen LogP contribution in [-0.2, 0) is 0 Å². The average molecular weight is 268 g/mol. The van der Waals surface area contributed by atoms with Crippen molar-refractivity contribution >= 4 is 5.82 Å². The molecule has 20 heavy (non-hydrogen) atoms. The quantitative estimate of drug-likeness (QED) is 0.930. The maximum atomic E-state index is 5.56. The zero-order valence-electron chi connectivity index (χ0n) is 11.8. The Balaban J connectivity index is 1.78. The Bertz CT molecular complexity index is 556. The number of nitrogens with two attached hydrogens (primary N) is 1. The van der Waals surface area contributed by atoms with Crippen LogP contribution < -0.4 is 5.73 Å². The minimum absolute atomic E-state index is 0.452. The van der Waals surface area contributed by atoms with Crippen LogP contribution >= 0.6 is 0 Å². The largest absolute Gasteiger partial charge is 0.382 e. The van der Waals surface area contributed by atoms with E-state index in [0.29, 0.717) is 11.9 Å². The Morgan fingerprint density at radius 1 is 1.05 bits per heavy atom. The van der Waals surface area contributed by atoms with Gasteiger partial charge in [-0.25, -0.2) is 4.98 Å². The van der Waals surface area contributed by atoms with Crippen molar-refractivity contribution in [2.75, 3.05) is 18.8 Å². The van der Waals surface area contributed by atoms with Crippen LogP contribution in [0.4, 0.5) is 5.82 Å². The highest BCUT2D eigenvalue weighted by molar-refractivity contribution is 5.59. The van der Waals surface area contributed by atoms with E-state index >= 15 is 0 Å². The molecule has 3 rings (SSSR count). The molecule has 4 nitrogen and oxygen atoms in total. The van der Waals surface area contributed by atoms with Crippen LogP contribution in [0.1, 0.15) is 31.4 Å². The molecular weight excluding hydrogens is 248 g/mol. The predicted molar refractivity (Wildman–Crippen MR) is 81.1 cm³/mol. The number of aromatic nitrogens is 2. The third-order valence-electron chi connectivity index (χ3n) is 4.05. The first-order chi connectivity index (χ1) is 9.74. The summed E-state index contributed by atoms with van der Waals surface area (Å²) in [5.41, 5.74) is 8.86. The topological polar surface area (TPSA) is 55.0 Å². The van der Waals surface area contributed by atoms with Crippen molar-refractivity contribution in [3.63, 3.8) is 0 Å². The maximum absolute atomic E-state index is 5.56. The van der Waals surface area contributed by atoms with Crippen molar-refractivity contribution < 1.29 is 0 Å². The number of hydrogen-bond donors (Lipinski definition) is 1. The van der Waals surface area contributed by atoms with E-state index in [1.165, 1.54) is 31.5 Å². The van der Waals surface area contributed by atoms with E-state index in [1.54, 1.807) is 12.4 Å². The Morgan fingerprint density at radius 2 is 1.75 bits per heavy atom. The summed E-state index contributed by atoms with van der Waals surface area (Å²) in [5, 5.41) is 0. The van der Waals surface area contributed by atoms with Gasteiger partial charge in [-0.15, -0.1) is 0 Å². The summed E-state index contributed by atoms with van der Waals surface area (Å²) in [7, 11) is 0. The molecule has 1 aromatic carbocycles. The molecule has 1 aliphatic rings. The highest BCUT2D eigenvalue weighted by Crippen LogP contribution is 2.26. The molecule has 1 saturated heterocycles. The summed E-state index contributed by atoms with van der Waals surface area (Å²) in [6.45, 7) is 4.71. The van der Waals surface area contributed by atoms with Gasteiger partial charge >= 0.3 is 0 Å². The molecule has 1 aromatic heterocycles. The van der Waals surface area contributed by atoms with Crippen LogP contribution in [0.3, 0.4) is 0 Å². The van der Waals surface area contributed by atoms with Gasteiger partial charge in [0, 0.05) is 11.6 Å². The Kier molecular flexibility index (Phi) is 3.65. The molecule has 4 heteroatoms. The molecule has 1 aliphatic heterocycles. The second-order valence-corrected chi connectivity index (χ2v) is 5.37. The zero-order valence-corrected chi connectivity index (χ0v) is 11.8. The van der Waals surface area contributed by atoms with Gasteiger partial charge in [0.1, 0.15) is 5.82 Å². The van der Waals surface area contributed by atoms with Crippen molar-refractivity contribution in [2.45, 2.75) is 25.8 Å². The molecule has 1 atom stereocenters. The molecular formula is C16H20N4. The van der Waals surface area contributed by atoms with Crippen molar-refractivity contribution in [3.05, 3.63) is 42.2 Å². The minimum atomic E-state index is 0.452.